The Bertz CT molecular complexity index is 965. The van der Waals surface area contributed by atoms with Crippen LogP contribution in [0.2, 0.25) is 5.02 Å². The van der Waals surface area contributed by atoms with Crippen molar-refractivity contribution in [2.24, 2.45) is 0 Å². The van der Waals surface area contributed by atoms with Crippen LogP contribution in [0.15, 0.2) is 57.7 Å². The van der Waals surface area contributed by atoms with Crippen molar-refractivity contribution in [3.05, 3.63) is 69.5 Å². The molecule has 6 heteroatoms. The number of fused-ring (bicyclic) bond motifs is 1. The standard InChI is InChI=1S/C18H14ClNO4/c1-23-12-6-7-13-11(9-18(22)24-16(13)10-12)8-17(21)20-15-5-3-2-4-14(15)19/h2-7,9-10H,8H2,1H3,(H,20,21). The highest BCUT2D eigenvalue weighted by Gasteiger charge is 2.12. The van der Waals surface area contributed by atoms with Gasteiger partial charge in [0.05, 0.1) is 24.2 Å². The molecule has 0 unspecified atom stereocenters. The molecular weight excluding hydrogens is 330 g/mol. The second kappa shape index (κ2) is 6.76. The third-order valence-electron chi connectivity index (χ3n) is 3.54. The molecule has 1 N–H and O–H groups in total. The second-order valence-corrected chi connectivity index (χ2v) is 5.56. The van der Waals surface area contributed by atoms with Gasteiger partial charge in [-0.1, -0.05) is 23.7 Å². The number of carbonyl (C=O) groups excluding carboxylic acids is 1. The topological polar surface area (TPSA) is 68.5 Å². The van der Waals surface area contributed by atoms with Crippen molar-refractivity contribution < 1.29 is 13.9 Å². The minimum atomic E-state index is -0.517. The number of hydrogen-bond donors (Lipinski definition) is 1. The lowest BCUT2D eigenvalue weighted by Gasteiger charge is -2.09. The summed E-state index contributed by atoms with van der Waals surface area (Å²) in [7, 11) is 1.53. The number of methoxy groups -OCH3 is 1. The first-order valence-electron chi connectivity index (χ1n) is 7.22. The Morgan fingerprint density at radius 3 is 2.75 bits per heavy atom. The molecule has 0 bridgehead atoms. The van der Waals surface area contributed by atoms with E-state index in [1.165, 1.54) is 13.2 Å². The van der Waals surface area contributed by atoms with Gasteiger partial charge in [-0.15, -0.1) is 0 Å². The van der Waals surface area contributed by atoms with E-state index >= 15 is 0 Å². The SMILES string of the molecule is COc1ccc2c(CC(=O)Nc3ccccc3Cl)cc(=O)oc2c1. The number of anilines is 1. The van der Waals surface area contributed by atoms with Gasteiger partial charge in [0, 0.05) is 17.5 Å². The van der Waals surface area contributed by atoms with Gasteiger partial charge >= 0.3 is 5.63 Å². The fourth-order valence-corrected chi connectivity index (χ4v) is 2.60. The number of nitrogens with one attached hydrogen (secondary N) is 1. The van der Waals surface area contributed by atoms with Crippen LogP contribution in [-0.4, -0.2) is 13.0 Å². The molecule has 5 nitrogen and oxygen atoms in total. The van der Waals surface area contributed by atoms with Crippen LogP contribution in [0.25, 0.3) is 11.0 Å². The number of hydrogen-bond acceptors (Lipinski definition) is 4. The first-order valence-corrected chi connectivity index (χ1v) is 7.60. The zero-order valence-corrected chi connectivity index (χ0v) is 13.6. The van der Waals surface area contributed by atoms with E-state index in [2.05, 4.69) is 5.32 Å². The molecule has 3 aromatic rings. The van der Waals surface area contributed by atoms with Crippen molar-refractivity contribution in [1.82, 2.24) is 0 Å². The summed E-state index contributed by atoms with van der Waals surface area (Å²) in [6.07, 6.45) is 0.0274. The van der Waals surface area contributed by atoms with Gasteiger partial charge in [-0.25, -0.2) is 4.79 Å². The second-order valence-electron chi connectivity index (χ2n) is 5.16. The number of amides is 1. The van der Waals surface area contributed by atoms with Crippen LogP contribution in [0.5, 0.6) is 5.75 Å². The first kappa shape index (κ1) is 16.1. The molecule has 0 saturated heterocycles. The number of benzene rings is 2. The lowest BCUT2D eigenvalue weighted by Crippen LogP contribution is -2.16. The number of para-hydroxylation sites is 1. The van der Waals surface area contributed by atoms with Gasteiger partial charge in [0.15, 0.2) is 0 Å². The van der Waals surface area contributed by atoms with Gasteiger partial charge < -0.3 is 14.5 Å². The molecule has 122 valence electrons. The summed E-state index contributed by atoms with van der Waals surface area (Å²) in [5.41, 5.74) is 0.963. The Kier molecular flexibility index (Phi) is 4.53. The van der Waals surface area contributed by atoms with Crippen molar-refractivity contribution in [1.29, 1.82) is 0 Å². The monoisotopic (exact) mass is 343 g/mol. The first-order chi connectivity index (χ1) is 11.6. The maximum absolute atomic E-state index is 12.3. The molecule has 3 rings (SSSR count). The summed E-state index contributed by atoms with van der Waals surface area (Å²) >= 11 is 6.03. The Morgan fingerprint density at radius 1 is 1.21 bits per heavy atom. The molecule has 2 aromatic carbocycles. The molecule has 0 fully saturated rings. The Labute approximate surface area is 142 Å². The third kappa shape index (κ3) is 3.41. The fraction of sp³-hybridized carbons (Fsp3) is 0.111. The van der Waals surface area contributed by atoms with Gasteiger partial charge in [0.25, 0.3) is 0 Å². The molecule has 0 saturated carbocycles. The van der Waals surface area contributed by atoms with Crippen molar-refractivity contribution in [3.8, 4) is 5.75 Å². The van der Waals surface area contributed by atoms with Crippen LogP contribution in [0.4, 0.5) is 5.69 Å². The summed E-state index contributed by atoms with van der Waals surface area (Å²) in [5.74, 6) is 0.300. The summed E-state index contributed by atoms with van der Waals surface area (Å²) in [6, 6.07) is 13.4. The van der Waals surface area contributed by atoms with E-state index in [0.29, 0.717) is 33.0 Å². The summed E-state index contributed by atoms with van der Waals surface area (Å²) in [6.45, 7) is 0. The van der Waals surface area contributed by atoms with Crippen LogP contribution in [0.1, 0.15) is 5.56 Å². The maximum atomic E-state index is 12.3. The Morgan fingerprint density at radius 2 is 2.00 bits per heavy atom. The Hall–Kier alpha value is -2.79. The molecule has 0 radical (unpaired) electrons. The van der Waals surface area contributed by atoms with Gasteiger partial charge in [-0.3, -0.25) is 4.79 Å². The molecule has 0 aliphatic heterocycles. The summed E-state index contributed by atoms with van der Waals surface area (Å²) in [5, 5.41) is 3.87. The van der Waals surface area contributed by atoms with Crippen LogP contribution in [0.3, 0.4) is 0 Å². The van der Waals surface area contributed by atoms with Gasteiger partial charge in [-0.2, -0.15) is 0 Å². The van der Waals surface area contributed by atoms with Crippen LogP contribution < -0.4 is 15.7 Å². The van der Waals surface area contributed by atoms with Crippen molar-refractivity contribution in [2.75, 3.05) is 12.4 Å². The quantitative estimate of drug-likeness (QED) is 0.734. The van der Waals surface area contributed by atoms with E-state index in [1.54, 1.807) is 42.5 Å². The Balaban J connectivity index is 1.90. The predicted molar refractivity (Wildman–Crippen MR) is 92.8 cm³/mol. The lowest BCUT2D eigenvalue weighted by molar-refractivity contribution is -0.115. The van der Waals surface area contributed by atoms with Gasteiger partial charge in [0.1, 0.15) is 11.3 Å². The number of ether oxygens (including phenoxy) is 1. The van der Waals surface area contributed by atoms with E-state index in [9.17, 15) is 9.59 Å². The smallest absolute Gasteiger partial charge is 0.336 e. The molecule has 24 heavy (non-hydrogen) atoms. The van der Waals surface area contributed by atoms with Crippen LogP contribution >= 0.6 is 11.6 Å². The molecule has 1 aromatic heterocycles. The largest absolute Gasteiger partial charge is 0.497 e. The number of rotatable bonds is 4. The molecule has 0 aliphatic rings. The van der Waals surface area contributed by atoms with E-state index < -0.39 is 5.63 Å². The summed E-state index contributed by atoms with van der Waals surface area (Å²) < 4.78 is 10.3. The van der Waals surface area contributed by atoms with E-state index in [4.69, 9.17) is 20.8 Å². The zero-order valence-electron chi connectivity index (χ0n) is 12.8. The van der Waals surface area contributed by atoms with E-state index in [1.807, 2.05) is 0 Å². The van der Waals surface area contributed by atoms with E-state index in [0.717, 1.165) is 0 Å². The fourth-order valence-electron chi connectivity index (χ4n) is 2.41. The van der Waals surface area contributed by atoms with Crippen molar-refractivity contribution in [2.45, 2.75) is 6.42 Å². The molecule has 0 spiro atoms. The third-order valence-corrected chi connectivity index (χ3v) is 3.87. The highest BCUT2D eigenvalue weighted by molar-refractivity contribution is 6.33. The number of carbonyl (C=O) groups is 1. The molecule has 1 amide bonds. The normalized spacial score (nSPS) is 10.6. The lowest BCUT2D eigenvalue weighted by atomic mass is 10.1. The van der Waals surface area contributed by atoms with Crippen LogP contribution in [0, 0.1) is 0 Å². The minimum Gasteiger partial charge on any atom is -0.497 e. The molecule has 1 heterocycles. The van der Waals surface area contributed by atoms with Crippen LogP contribution in [-0.2, 0) is 11.2 Å². The van der Waals surface area contributed by atoms with Crippen molar-refractivity contribution in [3.63, 3.8) is 0 Å². The molecule has 0 aliphatic carbocycles. The van der Waals surface area contributed by atoms with Crippen molar-refractivity contribution >= 4 is 34.2 Å². The van der Waals surface area contributed by atoms with Gasteiger partial charge in [0.2, 0.25) is 5.91 Å². The average molecular weight is 344 g/mol. The number of halogens is 1. The summed E-state index contributed by atoms with van der Waals surface area (Å²) in [4.78, 5) is 24.0. The van der Waals surface area contributed by atoms with Gasteiger partial charge in [-0.05, 0) is 29.8 Å². The maximum Gasteiger partial charge on any atom is 0.336 e. The average Bonchev–Trinajstić information content (AvgIpc) is 2.56. The van der Waals surface area contributed by atoms with E-state index in [-0.39, 0.29) is 12.3 Å². The molecular formula is C18H14ClNO4. The zero-order chi connectivity index (χ0) is 17.1. The highest BCUT2D eigenvalue weighted by Crippen LogP contribution is 2.24. The predicted octanol–water partition coefficient (Wildman–Crippen LogP) is 3.64. The molecule has 0 atom stereocenters. The minimum absolute atomic E-state index is 0.0274. The highest BCUT2D eigenvalue weighted by atomic mass is 35.5.